The Morgan fingerprint density at radius 3 is 2.68 bits per heavy atom. The van der Waals surface area contributed by atoms with Gasteiger partial charge in [0, 0.05) is 19.5 Å². The van der Waals surface area contributed by atoms with Gasteiger partial charge >= 0.3 is 0 Å². The molecule has 2 saturated heterocycles. The highest BCUT2D eigenvalue weighted by Gasteiger charge is 2.26. The minimum atomic E-state index is 0. The first-order valence-electron chi connectivity index (χ1n) is 9.77. The summed E-state index contributed by atoms with van der Waals surface area (Å²) in [5.41, 5.74) is 1.44. The van der Waals surface area contributed by atoms with Crippen molar-refractivity contribution in [3.8, 4) is 0 Å². The maximum atomic E-state index is 12.8. The Morgan fingerprint density at radius 2 is 1.96 bits per heavy atom. The van der Waals surface area contributed by atoms with E-state index in [4.69, 9.17) is 0 Å². The number of hydrogen-bond donors (Lipinski definition) is 1. The molecule has 4 heteroatoms. The van der Waals surface area contributed by atoms with Crippen LogP contribution in [0.5, 0.6) is 0 Å². The molecule has 2 aliphatic rings. The summed E-state index contributed by atoms with van der Waals surface area (Å²) in [7, 11) is 0. The fourth-order valence-corrected chi connectivity index (χ4v) is 4.34. The summed E-state index contributed by atoms with van der Waals surface area (Å²) in [6.07, 6.45) is 6.70. The Morgan fingerprint density at radius 1 is 1.16 bits per heavy atom. The number of piperidine rings is 1. The maximum Gasteiger partial charge on any atom is 0.222 e. The molecule has 1 aromatic rings. The molecule has 3 rings (SSSR count). The minimum Gasteiger partial charge on any atom is -0.343 e. The van der Waals surface area contributed by atoms with Crippen LogP contribution in [0.1, 0.15) is 56.9 Å². The van der Waals surface area contributed by atoms with E-state index in [0.29, 0.717) is 23.7 Å². The molecule has 0 spiro atoms. The molecule has 0 aliphatic carbocycles. The second-order valence-corrected chi connectivity index (χ2v) is 7.71. The molecule has 0 bridgehead atoms. The summed E-state index contributed by atoms with van der Waals surface area (Å²) in [5, 5.41) is 3.48. The lowest BCUT2D eigenvalue weighted by Crippen LogP contribution is -2.37. The molecule has 2 aliphatic heterocycles. The van der Waals surface area contributed by atoms with Crippen molar-refractivity contribution in [1.29, 1.82) is 0 Å². The van der Waals surface area contributed by atoms with Gasteiger partial charge in [-0.3, -0.25) is 4.79 Å². The average molecular weight is 365 g/mol. The number of halogens is 1. The van der Waals surface area contributed by atoms with E-state index in [1.54, 1.807) is 0 Å². The quantitative estimate of drug-likeness (QED) is 0.867. The van der Waals surface area contributed by atoms with Gasteiger partial charge in [0.15, 0.2) is 0 Å². The van der Waals surface area contributed by atoms with Crippen LogP contribution >= 0.6 is 12.4 Å². The van der Waals surface area contributed by atoms with Gasteiger partial charge in [0.05, 0.1) is 0 Å². The summed E-state index contributed by atoms with van der Waals surface area (Å²) in [4.78, 5) is 14.9. The number of nitrogens with zero attached hydrogens (tertiary/aromatic N) is 1. The van der Waals surface area contributed by atoms with Gasteiger partial charge < -0.3 is 10.2 Å². The molecule has 140 valence electrons. The van der Waals surface area contributed by atoms with Crippen LogP contribution in [0.25, 0.3) is 0 Å². The Bertz CT molecular complexity index is 516. The van der Waals surface area contributed by atoms with Gasteiger partial charge in [-0.05, 0) is 68.5 Å². The summed E-state index contributed by atoms with van der Waals surface area (Å²) in [6.45, 7) is 6.36. The van der Waals surface area contributed by atoms with Crippen molar-refractivity contribution in [2.24, 2.45) is 11.8 Å². The fraction of sp³-hybridized carbons (Fsp3) is 0.667. The second-order valence-electron chi connectivity index (χ2n) is 7.71. The summed E-state index contributed by atoms with van der Waals surface area (Å²) < 4.78 is 0. The van der Waals surface area contributed by atoms with E-state index >= 15 is 0 Å². The van der Waals surface area contributed by atoms with Crippen molar-refractivity contribution in [1.82, 2.24) is 10.2 Å². The van der Waals surface area contributed by atoms with Crippen LogP contribution in [-0.2, 0) is 4.79 Å². The average Bonchev–Trinajstić information content (AvgIpc) is 2.89. The molecule has 1 amide bonds. The van der Waals surface area contributed by atoms with Crippen molar-refractivity contribution in [3.05, 3.63) is 35.9 Å². The summed E-state index contributed by atoms with van der Waals surface area (Å²) >= 11 is 0. The predicted molar refractivity (Wildman–Crippen MR) is 106 cm³/mol. The highest BCUT2D eigenvalue weighted by molar-refractivity contribution is 5.85. The van der Waals surface area contributed by atoms with Crippen LogP contribution in [0.2, 0.25) is 0 Å². The lowest BCUT2D eigenvalue weighted by Gasteiger charge is -2.30. The number of likely N-dealkylation sites (tertiary alicyclic amines) is 1. The Hall–Kier alpha value is -1.06. The van der Waals surface area contributed by atoms with E-state index in [1.165, 1.54) is 24.8 Å². The van der Waals surface area contributed by atoms with E-state index in [-0.39, 0.29) is 12.4 Å². The van der Waals surface area contributed by atoms with Crippen LogP contribution in [0.15, 0.2) is 30.3 Å². The lowest BCUT2D eigenvalue weighted by molar-refractivity contribution is -0.132. The molecule has 2 heterocycles. The number of carbonyl (C=O) groups is 1. The van der Waals surface area contributed by atoms with E-state index < -0.39 is 0 Å². The zero-order valence-electron chi connectivity index (χ0n) is 15.5. The molecule has 3 nitrogen and oxygen atoms in total. The number of benzene rings is 1. The monoisotopic (exact) mass is 364 g/mol. The van der Waals surface area contributed by atoms with Gasteiger partial charge in [0.25, 0.3) is 0 Å². The molecule has 1 N–H and O–H groups in total. The molecule has 2 fully saturated rings. The highest BCUT2D eigenvalue weighted by atomic mass is 35.5. The molecule has 0 aromatic heterocycles. The molecule has 1 aromatic carbocycles. The minimum absolute atomic E-state index is 0. The van der Waals surface area contributed by atoms with Gasteiger partial charge in [0.2, 0.25) is 5.91 Å². The van der Waals surface area contributed by atoms with Crippen molar-refractivity contribution in [3.63, 3.8) is 0 Å². The second kappa shape index (κ2) is 10.2. The number of amides is 1. The Balaban J connectivity index is 0.00000225. The first-order valence-corrected chi connectivity index (χ1v) is 9.77. The molecular formula is C21H33ClN2O. The number of nitrogens with one attached hydrogen (secondary N) is 1. The molecule has 25 heavy (non-hydrogen) atoms. The normalized spacial score (nSPS) is 25.6. The lowest BCUT2D eigenvalue weighted by atomic mass is 9.85. The molecular weight excluding hydrogens is 332 g/mol. The van der Waals surface area contributed by atoms with E-state index in [9.17, 15) is 4.79 Å². The SMILES string of the molecule is CC(CC(=O)N1CCCC(c2ccccc2)CC1)C1CCCNC1.Cl. The van der Waals surface area contributed by atoms with Crippen LogP contribution in [-0.4, -0.2) is 37.0 Å². The van der Waals surface area contributed by atoms with Gasteiger partial charge in [-0.1, -0.05) is 37.3 Å². The highest BCUT2D eigenvalue weighted by Crippen LogP contribution is 2.29. The van der Waals surface area contributed by atoms with E-state index in [0.717, 1.165) is 45.4 Å². The predicted octanol–water partition coefficient (Wildman–Crippen LogP) is 4.23. The summed E-state index contributed by atoms with van der Waals surface area (Å²) in [5.74, 6) is 2.16. The first-order chi connectivity index (χ1) is 11.7. The Labute approximate surface area is 159 Å². The van der Waals surface area contributed by atoms with E-state index in [1.807, 2.05) is 0 Å². The zero-order valence-corrected chi connectivity index (χ0v) is 16.3. The van der Waals surface area contributed by atoms with Gasteiger partial charge in [-0.25, -0.2) is 0 Å². The third kappa shape index (κ3) is 5.72. The van der Waals surface area contributed by atoms with Crippen LogP contribution in [0.3, 0.4) is 0 Å². The van der Waals surface area contributed by atoms with Crippen LogP contribution in [0.4, 0.5) is 0 Å². The number of rotatable bonds is 4. The number of hydrogen-bond acceptors (Lipinski definition) is 2. The van der Waals surface area contributed by atoms with E-state index in [2.05, 4.69) is 47.5 Å². The van der Waals surface area contributed by atoms with Gasteiger partial charge in [0.1, 0.15) is 0 Å². The molecule has 3 atom stereocenters. The third-order valence-corrected chi connectivity index (χ3v) is 5.99. The third-order valence-electron chi connectivity index (χ3n) is 5.99. The van der Waals surface area contributed by atoms with Gasteiger partial charge in [-0.2, -0.15) is 0 Å². The fourth-order valence-electron chi connectivity index (χ4n) is 4.34. The standard InChI is InChI=1S/C21H32N2O.ClH/c1-17(20-9-5-12-22-16-20)15-21(24)23-13-6-10-19(11-14-23)18-7-3-2-4-8-18;/h2-4,7-8,17,19-20,22H,5-6,9-16H2,1H3;1H. The number of carbonyl (C=O) groups excluding carboxylic acids is 1. The zero-order chi connectivity index (χ0) is 16.8. The maximum absolute atomic E-state index is 12.8. The van der Waals surface area contributed by atoms with Crippen molar-refractivity contribution >= 4 is 18.3 Å². The van der Waals surface area contributed by atoms with Crippen LogP contribution < -0.4 is 5.32 Å². The van der Waals surface area contributed by atoms with Crippen molar-refractivity contribution in [2.45, 2.75) is 51.4 Å². The van der Waals surface area contributed by atoms with Crippen molar-refractivity contribution < 1.29 is 4.79 Å². The topological polar surface area (TPSA) is 32.3 Å². The molecule has 0 saturated carbocycles. The molecule has 3 unspecified atom stereocenters. The largest absolute Gasteiger partial charge is 0.343 e. The van der Waals surface area contributed by atoms with Crippen LogP contribution in [0, 0.1) is 11.8 Å². The van der Waals surface area contributed by atoms with Crippen molar-refractivity contribution in [2.75, 3.05) is 26.2 Å². The Kier molecular flexibility index (Phi) is 8.25. The smallest absolute Gasteiger partial charge is 0.222 e. The van der Waals surface area contributed by atoms with Gasteiger partial charge in [-0.15, -0.1) is 12.4 Å². The molecule has 0 radical (unpaired) electrons. The first kappa shape index (κ1) is 20.3. The summed E-state index contributed by atoms with van der Waals surface area (Å²) in [6, 6.07) is 10.8.